The van der Waals surface area contributed by atoms with Crippen LogP contribution in [0.1, 0.15) is 43.8 Å². The molecule has 21 heavy (non-hydrogen) atoms. The number of rotatable bonds is 10. The molecule has 4 heteroatoms. The number of aryl methyl sites for hydroxylation is 1. The Kier molecular flexibility index (Phi) is 6.27. The number of hydrogen-bond acceptors (Lipinski definition) is 4. The number of ether oxygens (including phenoxy) is 1. The third-order valence-corrected chi connectivity index (χ3v) is 4.43. The second-order valence-corrected chi connectivity index (χ2v) is 6.14. The van der Waals surface area contributed by atoms with Crippen molar-refractivity contribution in [1.29, 1.82) is 0 Å². The Balaban J connectivity index is 1.97. The Morgan fingerprint density at radius 3 is 2.86 bits per heavy atom. The van der Waals surface area contributed by atoms with Gasteiger partial charge in [-0.1, -0.05) is 6.92 Å². The van der Waals surface area contributed by atoms with Gasteiger partial charge in [-0.2, -0.15) is 0 Å². The topological polar surface area (TPSA) is 37.6 Å². The summed E-state index contributed by atoms with van der Waals surface area (Å²) >= 11 is 0. The summed E-state index contributed by atoms with van der Waals surface area (Å²) in [6, 6.07) is 2.80. The lowest BCUT2D eigenvalue weighted by atomic mass is 10.1. The third-order valence-electron chi connectivity index (χ3n) is 4.43. The molecule has 0 amide bonds. The van der Waals surface area contributed by atoms with Gasteiger partial charge in [-0.15, -0.1) is 0 Å². The molecule has 0 spiro atoms. The van der Waals surface area contributed by atoms with E-state index < -0.39 is 0 Å². The van der Waals surface area contributed by atoms with Gasteiger partial charge in [0, 0.05) is 19.7 Å². The first-order valence-corrected chi connectivity index (χ1v) is 8.17. The van der Waals surface area contributed by atoms with Crippen molar-refractivity contribution in [3.05, 3.63) is 23.2 Å². The summed E-state index contributed by atoms with van der Waals surface area (Å²) in [6.45, 7) is 11.0. The van der Waals surface area contributed by atoms with Crippen LogP contribution in [0.3, 0.4) is 0 Å². The molecule has 0 bridgehead atoms. The van der Waals surface area contributed by atoms with Gasteiger partial charge >= 0.3 is 0 Å². The van der Waals surface area contributed by atoms with E-state index in [4.69, 9.17) is 9.15 Å². The van der Waals surface area contributed by atoms with Crippen molar-refractivity contribution in [3.8, 4) is 0 Å². The van der Waals surface area contributed by atoms with Crippen molar-refractivity contribution in [3.63, 3.8) is 0 Å². The molecule has 120 valence electrons. The number of nitrogens with zero attached hydrogens (tertiary/aromatic N) is 1. The van der Waals surface area contributed by atoms with Crippen LogP contribution in [0.5, 0.6) is 0 Å². The Morgan fingerprint density at radius 1 is 1.48 bits per heavy atom. The van der Waals surface area contributed by atoms with Crippen molar-refractivity contribution in [2.24, 2.45) is 5.92 Å². The van der Waals surface area contributed by atoms with Gasteiger partial charge in [-0.3, -0.25) is 4.90 Å². The molecule has 0 saturated heterocycles. The molecule has 0 aromatic carbocycles. The van der Waals surface area contributed by atoms with E-state index in [0.29, 0.717) is 6.04 Å². The van der Waals surface area contributed by atoms with E-state index in [2.05, 4.69) is 37.1 Å². The van der Waals surface area contributed by atoms with E-state index in [0.717, 1.165) is 50.2 Å². The summed E-state index contributed by atoms with van der Waals surface area (Å²) in [7, 11) is 1.77. The molecule has 1 atom stereocenters. The maximum Gasteiger partial charge on any atom is 0.120 e. The summed E-state index contributed by atoms with van der Waals surface area (Å²) < 4.78 is 11.3. The molecule has 1 heterocycles. The molecule has 1 N–H and O–H groups in total. The van der Waals surface area contributed by atoms with E-state index in [9.17, 15) is 0 Å². The lowest BCUT2D eigenvalue weighted by molar-refractivity contribution is 0.105. The Hall–Kier alpha value is -0.840. The molecule has 1 unspecified atom stereocenters. The number of hydrogen-bond donors (Lipinski definition) is 1. The molecular weight excluding hydrogens is 264 g/mol. The first kappa shape index (κ1) is 16.5. The largest absolute Gasteiger partial charge is 0.463 e. The highest BCUT2D eigenvalue weighted by atomic mass is 16.5. The molecule has 2 rings (SSSR count). The van der Waals surface area contributed by atoms with Gasteiger partial charge in [0.2, 0.25) is 0 Å². The fraction of sp³-hybridized carbons (Fsp3) is 0.765. The monoisotopic (exact) mass is 294 g/mol. The molecule has 0 radical (unpaired) electrons. The smallest absolute Gasteiger partial charge is 0.120 e. The Morgan fingerprint density at radius 2 is 2.24 bits per heavy atom. The fourth-order valence-corrected chi connectivity index (χ4v) is 2.79. The van der Waals surface area contributed by atoms with Crippen LogP contribution in [-0.2, 0) is 17.8 Å². The summed E-state index contributed by atoms with van der Waals surface area (Å²) in [5.41, 5.74) is 1.25. The van der Waals surface area contributed by atoms with Gasteiger partial charge in [0.15, 0.2) is 0 Å². The fourth-order valence-electron chi connectivity index (χ4n) is 2.79. The average molecular weight is 294 g/mol. The minimum atomic E-state index is 0.614. The highest BCUT2D eigenvalue weighted by molar-refractivity contribution is 5.20. The zero-order chi connectivity index (χ0) is 15.2. The van der Waals surface area contributed by atoms with Crippen molar-refractivity contribution < 1.29 is 9.15 Å². The van der Waals surface area contributed by atoms with E-state index in [1.807, 2.05) is 0 Å². The normalized spacial score (nSPS) is 16.6. The van der Waals surface area contributed by atoms with Gasteiger partial charge in [0.25, 0.3) is 0 Å². The quantitative estimate of drug-likeness (QED) is 0.720. The summed E-state index contributed by atoms with van der Waals surface area (Å²) in [5, 5.41) is 3.33. The van der Waals surface area contributed by atoms with Gasteiger partial charge in [-0.25, -0.2) is 0 Å². The first-order valence-electron chi connectivity index (χ1n) is 8.17. The first-order chi connectivity index (χ1) is 10.2. The van der Waals surface area contributed by atoms with Crippen molar-refractivity contribution in [2.45, 2.75) is 52.7 Å². The molecule has 1 fully saturated rings. The summed E-state index contributed by atoms with van der Waals surface area (Å²) in [5.74, 6) is 3.00. The molecular formula is C17H30N2O2. The van der Waals surface area contributed by atoms with Crippen LogP contribution in [0.15, 0.2) is 10.5 Å². The Labute approximate surface area is 128 Å². The van der Waals surface area contributed by atoms with Crippen LogP contribution in [0.4, 0.5) is 0 Å². The van der Waals surface area contributed by atoms with Crippen LogP contribution < -0.4 is 5.32 Å². The van der Waals surface area contributed by atoms with Gasteiger partial charge in [0.1, 0.15) is 11.5 Å². The number of nitrogens with one attached hydrogen (secondary N) is 1. The zero-order valence-electron chi connectivity index (χ0n) is 13.9. The van der Waals surface area contributed by atoms with Crippen molar-refractivity contribution >= 4 is 0 Å². The van der Waals surface area contributed by atoms with Crippen LogP contribution in [-0.4, -0.2) is 37.7 Å². The predicted octanol–water partition coefficient (Wildman–Crippen LogP) is 2.94. The van der Waals surface area contributed by atoms with Crippen LogP contribution in [0.2, 0.25) is 0 Å². The van der Waals surface area contributed by atoms with Crippen molar-refractivity contribution in [1.82, 2.24) is 10.2 Å². The van der Waals surface area contributed by atoms with E-state index in [1.165, 1.54) is 18.4 Å². The maximum absolute atomic E-state index is 6.03. The zero-order valence-corrected chi connectivity index (χ0v) is 13.9. The number of methoxy groups -OCH3 is 1. The second-order valence-electron chi connectivity index (χ2n) is 6.14. The minimum absolute atomic E-state index is 0.614. The Bertz CT molecular complexity index is 426. The highest BCUT2D eigenvalue weighted by Crippen LogP contribution is 2.35. The SMILES string of the molecule is CCNCc1oc(CN(CCOC)C(C)C2CC2)cc1C. The van der Waals surface area contributed by atoms with E-state index >= 15 is 0 Å². The lowest BCUT2D eigenvalue weighted by Crippen LogP contribution is -2.36. The molecule has 1 aromatic heterocycles. The highest BCUT2D eigenvalue weighted by Gasteiger charge is 2.32. The van der Waals surface area contributed by atoms with E-state index in [1.54, 1.807) is 7.11 Å². The second kappa shape index (κ2) is 7.97. The van der Waals surface area contributed by atoms with Gasteiger partial charge in [0.05, 0.1) is 19.7 Å². The van der Waals surface area contributed by atoms with Gasteiger partial charge < -0.3 is 14.5 Å². The van der Waals surface area contributed by atoms with Crippen LogP contribution >= 0.6 is 0 Å². The van der Waals surface area contributed by atoms with Gasteiger partial charge in [-0.05, 0) is 50.8 Å². The average Bonchev–Trinajstić information content (AvgIpc) is 3.26. The minimum Gasteiger partial charge on any atom is -0.463 e. The molecule has 1 saturated carbocycles. The van der Waals surface area contributed by atoms with Crippen molar-refractivity contribution in [2.75, 3.05) is 26.8 Å². The molecule has 1 aliphatic rings. The molecule has 4 nitrogen and oxygen atoms in total. The predicted molar refractivity (Wildman–Crippen MR) is 85.3 cm³/mol. The lowest BCUT2D eigenvalue weighted by Gasteiger charge is -2.28. The number of furan rings is 1. The molecule has 0 aliphatic heterocycles. The summed E-state index contributed by atoms with van der Waals surface area (Å²) in [4.78, 5) is 2.50. The van der Waals surface area contributed by atoms with Crippen LogP contribution in [0, 0.1) is 12.8 Å². The van der Waals surface area contributed by atoms with E-state index in [-0.39, 0.29) is 0 Å². The molecule has 1 aliphatic carbocycles. The molecule has 1 aromatic rings. The van der Waals surface area contributed by atoms with Crippen LogP contribution in [0.25, 0.3) is 0 Å². The third kappa shape index (κ3) is 4.83. The standard InChI is InChI=1S/C17H30N2O2/c1-5-18-11-17-13(2)10-16(21-17)12-19(8-9-20-4)14(3)15-6-7-15/h10,14-15,18H,5-9,11-12H2,1-4H3. The summed E-state index contributed by atoms with van der Waals surface area (Å²) in [6.07, 6.45) is 2.74. The maximum atomic E-state index is 6.03.